The zero-order valence-electron chi connectivity index (χ0n) is 8.63. The molecule has 0 amide bonds. The van der Waals surface area contributed by atoms with Crippen molar-refractivity contribution in [2.24, 2.45) is 0 Å². The molecule has 0 spiro atoms. The molecular formula is C10H11F4NO2. The number of hydrogen-bond acceptors (Lipinski definition) is 3. The zero-order valence-corrected chi connectivity index (χ0v) is 8.63. The van der Waals surface area contributed by atoms with Crippen LogP contribution < -0.4 is 5.32 Å². The molecule has 7 heteroatoms. The topological polar surface area (TPSA) is 52.5 Å². The van der Waals surface area contributed by atoms with Gasteiger partial charge in [-0.25, -0.2) is 8.78 Å². The molecule has 0 aliphatic carbocycles. The lowest BCUT2D eigenvalue weighted by molar-refractivity contribution is -0.125. The van der Waals surface area contributed by atoms with Gasteiger partial charge in [-0.15, -0.1) is 0 Å². The fourth-order valence-electron chi connectivity index (χ4n) is 1.14. The van der Waals surface area contributed by atoms with Crippen molar-refractivity contribution in [1.82, 2.24) is 5.32 Å². The third-order valence-corrected chi connectivity index (χ3v) is 2.06. The number of alkyl halides is 4. The lowest BCUT2D eigenvalue weighted by Crippen LogP contribution is -2.38. The van der Waals surface area contributed by atoms with E-state index in [-0.39, 0.29) is 23.6 Å². The van der Waals surface area contributed by atoms with E-state index in [0.717, 1.165) is 6.07 Å². The van der Waals surface area contributed by atoms with Gasteiger partial charge in [0.2, 0.25) is 0 Å². The normalized spacial score (nSPS) is 12.1. The van der Waals surface area contributed by atoms with Gasteiger partial charge in [0, 0.05) is 18.2 Å². The van der Waals surface area contributed by atoms with Crippen molar-refractivity contribution in [3.63, 3.8) is 0 Å². The SMILES string of the molecule is Oc1ccc(CNCC(F)(F)C(F)F)c(O)c1. The first-order valence-electron chi connectivity index (χ1n) is 4.70. The molecule has 0 fully saturated rings. The number of phenols is 2. The lowest BCUT2D eigenvalue weighted by Gasteiger charge is -2.16. The summed E-state index contributed by atoms with van der Waals surface area (Å²) in [5.41, 5.74) is 0.230. The summed E-state index contributed by atoms with van der Waals surface area (Å²) in [7, 11) is 0. The monoisotopic (exact) mass is 253 g/mol. The molecule has 0 unspecified atom stereocenters. The van der Waals surface area contributed by atoms with Gasteiger partial charge >= 0.3 is 12.3 Å². The van der Waals surface area contributed by atoms with E-state index < -0.39 is 18.9 Å². The minimum absolute atomic E-state index is 0.177. The Morgan fingerprint density at radius 3 is 2.41 bits per heavy atom. The molecule has 96 valence electrons. The van der Waals surface area contributed by atoms with E-state index in [4.69, 9.17) is 5.11 Å². The molecule has 17 heavy (non-hydrogen) atoms. The summed E-state index contributed by atoms with van der Waals surface area (Å²) in [6.45, 7) is -1.39. The Kier molecular flexibility index (Phi) is 4.17. The van der Waals surface area contributed by atoms with Gasteiger partial charge in [-0.2, -0.15) is 8.78 Å². The summed E-state index contributed by atoms with van der Waals surface area (Å²) in [5, 5.41) is 20.4. The van der Waals surface area contributed by atoms with Crippen LogP contribution in [0.3, 0.4) is 0 Å². The minimum atomic E-state index is -4.10. The van der Waals surface area contributed by atoms with E-state index in [9.17, 15) is 22.7 Å². The van der Waals surface area contributed by atoms with Crippen LogP contribution in [0.5, 0.6) is 11.5 Å². The van der Waals surface area contributed by atoms with Crippen LogP contribution in [0.25, 0.3) is 0 Å². The fraction of sp³-hybridized carbons (Fsp3) is 0.400. The summed E-state index contributed by atoms with van der Waals surface area (Å²) < 4.78 is 48.6. The Morgan fingerprint density at radius 1 is 1.24 bits per heavy atom. The highest BCUT2D eigenvalue weighted by Gasteiger charge is 2.39. The number of nitrogens with one attached hydrogen (secondary N) is 1. The van der Waals surface area contributed by atoms with E-state index in [0.29, 0.717) is 0 Å². The van der Waals surface area contributed by atoms with Gasteiger partial charge in [0.1, 0.15) is 11.5 Å². The third kappa shape index (κ3) is 3.77. The molecule has 0 bridgehead atoms. The highest BCUT2D eigenvalue weighted by atomic mass is 19.3. The van der Waals surface area contributed by atoms with Gasteiger partial charge in [0.25, 0.3) is 0 Å². The van der Waals surface area contributed by atoms with Crippen LogP contribution in [-0.2, 0) is 6.54 Å². The number of hydrogen-bond donors (Lipinski definition) is 3. The molecule has 1 aromatic rings. The second-order valence-electron chi connectivity index (χ2n) is 3.48. The van der Waals surface area contributed by atoms with E-state index in [1.807, 2.05) is 0 Å². The average Bonchev–Trinajstić information content (AvgIpc) is 2.21. The van der Waals surface area contributed by atoms with Crippen molar-refractivity contribution in [3.8, 4) is 11.5 Å². The lowest BCUT2D eigenvalue weighted by atomic mass is 10.2. The second-order valence-corrected chi connectivity index (χ2v) is 3.48. The van der Waals surface area contributed by atoms with Crippen molar-refractivity contribution in [3.05, 3.63) is 23.8 Å². The van der Waals surface area contributed by atoms with Crippen molar-refractivity contribution < 1.29 is 27.8 Å². The number of benzene rings is 1. The molecule has 0 aliphatic rings. The van der Waals surface area contributed by atoms with Gasteiger partial charge < -0.3 is 15.5 Å². The summed E-state index contributed by atoms with van der Waals surface area (Å²) in [5.74, 6) is -4.57. The van der Waals surface area contributed by atoms with E-state index in [1.54, 1.807) is 0 Å². The second kappa shape index (κ2) is 5.22. The molecule has 0 saturated carbocycles. The summed E-state index contributed by atoms with van der Waals surface area (Å²) >= 11 is 0. The Morgan fingerprint density at radius 2 is 1.88 bits per heavy atom. The molecule has 0 atom stereocenters. The predicted octanol–water partition coefficient (Wildman–Crippen LogP) is 2.09. The van der Waals surface area contributed by atoms with Gasteiger partial charge in [-0.3, -0.25) is 0 Å². The van der Waals surface area contributed by atoms with Crippen molar-refractivity contribution in [2.45, 2.75) is 18.9 Å². The highest BCUT2D eigenvalue weighted by Crippen LogP contribution is 2.24. The van der Waals surface area contributed by atoms with Crippen LogP contribution in [0.1, 0.15) is 5.56 Å². The van der Waals surface area contributed by atoms with Crippen LogP contribution in [0.4, 0.5) is 17.6 Å². The molecule has 0 aliphatic heterocycles. The van der Waals surface area contributed by atoms with E-state index in [1.165, 1.54) is 12.1 Å². The molecule has 3 nitrogen and oxygen atoms in total. The quantitative estimate of drug-likeness (QED) is 0.704. The van der Waals surface area contributed by atoms with Crippen molar-refractivity contribution >= 4 is 0 Å². The fourth-order valence-corrected chi connectivity index (χ4v) is 1.14. The minimum Gasteiger partial charge on any atom is -0.508 e. The van der Waals surface area contributed by atoms with Crippen molar-refractivity contribution in [2.75, 3.05) is 6.54 Å². The van der Waals surface area contributed by atoms with Crippen molar-refractivity contribution in [1.29, 1.82) is 0 Å². The Labute approximate surface area is 94.7 Å². The van der Waals surface area contributed by atoms with E-state index >= 15 is 0 Å². The Bertz CT molecular complexity index is 385. The number of phenolic OH excluding ortho intramolecular Hbond substituents is 2. The Balaban J connectivity index is 2.51. The molecule has 3 N–H and O–H groups in total. The van der Waals surface area contributed by atoms with Crippen LogP contribution in [-0.4, -0.2) is 29.1 Å². The maximum atomic E-state index is 12.5. The van der Waals surface area contributed by atoms with Gasteiger partial charge in [0.05, 0.1) is 6.54 Å². The first-order valence-corrected chi connectivity index (χ1v) is 4.70. The number of rotatable bonds is 5. The standard InChI is InChI=1S/C10H11F4NO2/c11-9(12)10(13,14)5-15-4-6-1-2-7(16)3-8(6)17/h1-3,9,15-17H,4-5H2. The average molecular weight is 253 g/mol. The van der Waals surface area contributed by atoms with Crippen LogP contribution >= 0.6 is 0 Å². The maximum absolute atomic E-state index is 12.5. The highest BCUT2D eigenvalue weighted by molar-refractivity contribution is 5.38. The summed E-state index contributed by atoms with van der Waals surface area (Å²) in [6, 6.07) is 3.59. The molecule has 0 saturated heterocycles. The Hall–Kier alpha value is -1.50. The molecule has 1 aromatic carbocycles. The molecule has 0 aromatic heterocycles. The first kappa shape index (κ1) is 13.6. The zero-order chi connectivity index (χ0) is 13.1. The maximum Gasteiger partial charge on any atom is 0.319 e. The molecule has 0 radical (unpaired) electrons. The van der Waals surface area contributed by atoms with Gasteiger partial charge in [-0.1, -0.05) is 6.07 Å². The number of halogens is 4. The third-order valence-electron chi connectivity index (χ3n) is 2.06. The van der Waals surface area contributed by atoms with Crippen LogP contribution in [0.15, 0.2) is 18.2 Å². The summed E-state index contributed by atoms with van der Waals surface area (Å²) in [6.07, 6.45) is -3.73. The first-order chi connectivity index (χ1) is 7.83. The molecular weight excluding hydrogens is 242 g/mol. The predicted molar refractivity (Wildman–Crippen MR) is 52.4 cm³/mol. The molecule has 0 heterocycles. The van der Waals surface area contributed by atoms with E-state index in [2.05, 4.69) is 5.32 Å². The number of aromatic hydroxyl groups is 2. The van der Waals surface area contributed by atoms with Gasteiger partial charge in [-0.05, 0) is 6.07 Å². The van der Waals surface area contributed by atoms with Crippen LogP contribution in [0.2, 0.25) is 0 Å². The largest absolute Gasteiger partial charge is 0.508 e. The smallest absolute Gasteiger partial charge is 0.319 e. The summed E-state index contributed by atoms with van der Waals surface area (Å²) in [4.78, 5) is 0. The molecule has 1 rings (SSSR count). The van der Waals surface area contributed by atoms with Gasteiger partial charge in [0.15, 0.2) is 0 Å². The van der Waals surface area contributed by atoms with Crippen LogP contribution in [0, 0.1) is 0 Å².